The molecule has 1 amide bonds. The molecule has 1 aliphatic rings. The highest BCUT2D eigenvalue weighted by molar-refractivity contribution is 7.80. The van der Waals surface area contributed by atoms with E-state index in [1.165, 1.54) is 7.11 Å². The van der Waals surface area contributed by atoms with Gasteiger partial charge in [-0.05, 0) is 53.3 Å². The number of esters is 1. The molecule has 1 saturated heterocycles. The van der Waals surface area contributed by atoms with Crippen molar-refractivity contribution >= 4 is 51.4 Å². The SMILES string of the molecule is COC(=O)c1ccc(N2CCOCC2)c(NC(=S)NC(=O)c2ccc3ccccc3c2)c1. The van der Waals surface area contributed by atoms with Crippen LogP contribution in [0, 0.1) is 0 Å². The first-order valence-electron chi connectivity index (χ1n) is 10.2. The minimum Gasteiger partial charge on any atom is -0.465 e. The number of amides is 1. The van der Waals surface area contributed by atoms with Crippen LogP contribution in [-0.4, -0.2) is 50.4 Å². The molecule has 0 aliphatic carbocycles. The molecule has 3 aromatic carbocycles. The third-order valence-corrected chi connectivity index (χ3v) is 5.46. The average Bonchev–Trinajstić information content (AvgIpc) is 2.83. The Morgan fingerprint density at radius 2 is 1.69 bits per heavy atom. The van der Waals surface area contributed by atoms with E-state index in [4.69, 9.17) is 21.7 Å². The van der Waals surface area contributed by atoms with Crippen LogP contribution in [-0.2, 0) is 9.47 Å². The number of rotatable bonds is 4. The molecule has 0 atom stereocenters. The van der Waals surface area contributed by atoms with E-state index < -0.39 is 5.97 Å². The topological polar surface area (TPSA) is 79.9 Å². The maximum Gasteiger partial charge on any atom is 0.337 e. The quantitative estimate of drug-likeness (QED) is 0.465. The second kappa shape index (κ2) is 9.76. The third kappa shape index (κ3) is 4.87. The molecule has 0 aromatic heterocycles. The van der Waals surface area contributed by atoms with Gasteiger partial charge in [0, 0.05) is 18.7 Å². The lowest BCUT2D eigenvalue weighted by atomic mass is 10.1. The first kappa shape index (κ1) is 21.7. The number of methoxy groups -OCH3 is 1. The van der Waals surface area contributed by atoms with Gasteiger partial charge >= 0.3 is 5.97 Å². The van der Waals surface area contributed by atoms with Crippen LogP contribution in [0.2, 0.25) is 0 Å². The van der Waals surface area contributed by atoms with Gasteiger partial charge in [0.2, 0.25) is 0 Å². The number of fused-ring (bicyclic) bond motifs is 1. The molecule has 3 aromatic rings. The second-order valence-corrected chi connectivity index (χ2v) is 7.70. The van der Waals surface area contributed by atoms with Crippen LogP contribution in [0.25, 0.3) is 10.8 Å². The zero-order valence-corrected chi connectivity index (χ0v) is 18.4. The number of morpholine rings is 1. The molecule has 0 saturated carbocycles. The van der Waals surface area contributed by atoms with Gasteiger partial charge in [0.25, 0.3) is 5.91 Å². The maximum atomic E-state index is 12.8. The highest BCUT2D eigenvalue weighted by atomic mass is 32.1. The molecule has 0 spiro atoms. The molecule has 32 heavy (non-hydrogen) atoms. The summed E-state index contributed by atoms with van der Waals surface area (Å²) in [6, 6.07) is 18.5. The van der Waals surface area contributed by atoms with Gasteiger partial charge in [-0.15, -0.1) is 0 Å². The summed E-state index contributed by atoms with van der Waals surface area (Å²) in [5.74, 6) is -0.766. The monoisotopic (exact) mass is 449 g/mol. The van der Waals surface area contributed by atoms with E-state index in [-0.39, 0.29) is 11.0 Å². The van der Waals surface area contributed by atoms with Gasteiger partial charge in [-0.2, -0.15) is 0 Å². The predicted molar refractivity (Wildman–Crippen MR) is 128 cm³/mol. The van der Waals surface area contributed by atoms with E-state index in [2.05, 4.69) is 15.5 Å². The Morgan fingerprint density at radius 3 is 2.44 bits per heavy atom. The Morgan fingerprint density at radius 1 is 0.969 bits per heavy atom. The van der Waals surface area contributed by atoms with Gasteiger partial charge in [0.1, 0.15) is 0 Å². The number of ether oxygens (including phenoxy) is 2. The number of hydrogen-bond acceptors (Lipinski definition) is 6. The Kier molecular flexibility index (Phi) is 6.63. The molecule has 2 N–H and O–H groups in total. The van der Waals surface area contributed by atoms with Gasteiger partial charge in [0.15, 0.2) is 5.11 Å². The van der Waals surface area contributed by atoms with Crippen molar-refractivity contribution in [3.63, 3.8) is 0 Å². The van der Waals surface area contributed by atoms with Crippen molar-refractivity contribution in [1.29, 1.82) is 0 Å². The number of anilines is 2. The zero-order chi connectivity index (χ0) is 22.5. The fourth-order valence-electron chi connectivity index (χ4n) is 3.62. The van der Waals surface area contributed by atoms with Crippen molar-refractivity contribution in [1.82, 2.24) is 5.32 Å². The van der Waals surface area contributed by atoms with Crippen molar-refractivity contribution < 1.29 is 19.1 Å². The van der Waals surface area contributed by atoms with Crippen LogP contribution in [0.15, 0.2) is 60.7 Å². The summed E-state index contributed by atoms with van der Waals surface area (Å²) >= 11 is 5.40. The minimum absolute atomic E-state index is 0.139. The normalized spacial score (nSPS) is 13.5. The molecule has 8 heteroatoms. The molecule has 0 radical (unpaired) electrons. The Bertz CT molecular complexity index is 1170. The summed E-state index contributed by atoms with van der Waals surface area (Å²) in [5, 5.41) is 7.96. The zero-order valence-electron chi connectivity index (χ0n) is 17.6. The molecule has 1 fully saturated rings. The van der Waals surface area contributed by atoms with Gasteiger partial charge in [-0.1, -0.05) is 30.3 Å². The Labute approximate surface area is 191 Å². The van der Waals surface area contributed by atoms with Crippen LogP contribution in [0.1, 0.15) is 20.7 Å². The van der Waals surface area contributed by atoms with Gasteiger partial charge < -0.3 is 19.7 Å². The molecular weight excluding hydrogens is 426 g/mol. The van der Waals surface area contributed by atoms with E-state index in [1.807, 2.05) is 42.5 Å². The van der Waals surface area contributed by atoms with Crippen LogP contribution < -0.4 is 15.5 Å². The van der Waals surface area contributed by atoms with E-state index in [0.717, 1.165) is 16.5 Å². The van der Waals surface area contributed by atoms with Crippen LogP contribution in [0.4, 0.5) is 11.4 Å². The number of nitrogens with zero attached hydrogens (tertiary/aromatic N) is 1. The van der Waals surface area contributed by atoms with Crippen LogP contribution >= 0.6 is 12.2 Å². The average molecular weight is 450 g/mol. The van der Waals surface area contributed by atoms with Gasteiger partial charge in [0.05, 0.1) is 37.3 Å². The van der Waals surface area contributed by atoms with Crippen molar-refractivity contribution in [2.75, 3.05) is 43.6 Å². The molecular formula is C24H23N3O4S. The fourth-order valence-corrected chi connectivity index (χ4v) is 3.82. The second-order valence-electron chi connectivity index (χ2n) is 7.29. The largest absolute Gasteiger partial charge is 0.465 e. The summed E-state index contributed by atoms with van der Waals surface area (Å²) < 4.78 is 10.3. The molecule has 0 bridgehead atoms. The van der Waals surface area contributed by atoms with Crippen molar-refractivity contribution in [3.8, 4) is 0 Å². The molecule has 7 nitrogen and oxygen atoms in total. The number of carbonyl (C=O) groups excluding carboxylic acids is 2. The lowest BCUT2D eigenvalue weighted by Gasteiger charge is -2.31. The minimum atomic E-state index is -0.451. The molecule has 0 unspecified atom stereocenters. The summed E-state index contributed by atoms with van der Waals surface area (Å²) in [5.41, 5.74) is 2.36. The number of thiocarbonyl (C=S) groups is 1. The van der Waals surface area contributed by atoms with Crippen LogP contribution in [0.5, 0.6) is 0 Å². The van der Waals surface area contributed by atoms with E-state index in [9.17, 15) is 9.59 Å². The lowest BCUT2D eigenvalue weighted by Crippen LogP contribution is -2.38. The first-order chi connectivity index (χ1) is 15.5. The standard InChI is InChI=1S/C24H23N3O4S/c1-30-23(29)19-8-9-21(27-10-12-31-13-11-27)20(15-19)25-24(32)26-22(28)18-7-6-16-4-2-3-5-17(16)14-18/h2-9,14-15H,10-13H2,1H3,(H2,25,26,28,32). The Hall–Kier alpha value is -3.49. The summed E-state index contributed by atoms with van der Waals surface area (Å²) in [7, 11) is 1.33. The van der Waals surface area contributed by atoms with Crippen molar-refractivity contribution in [2.24, 2.45) is 0 Å². The molecule has 1 aliphatic heterocycles. The summed E-state index contributed by atoms with van der Waals surface area (Å²) in [4.78, 5) is 26.9. The number of benzene rings is 3. The number of hydrogen-bond donors (Lipinski definition) is 2. The van der Waals surface area contributed by atoms with E-state index in [0.29, 0.717) is 43.1 Å². The van der Waals surface area contributed by atoms with Gasteiger partial charge in [-0.25, -0.2) is 4.79 Å². The molecule has 4 rings (SSSR count). The predicted octanol–water partition coefficient (Wildman–Crippen LogP) is 3.59. The number of carbonyl (C=O) groups is 2. The fraction of sp³-hybridized carbons (Fsp3) is 0.208. The van der Waals surface area contributed by atoms with Crippen molar-refractivity contribution in [3.05, 3.63) is 71.8 Å². The maximum absolute atomic E-state index is 12.8. The smallest absolute Gasteiger partial charge is 0.337 e. The Balaban J connectivity index is 1.53. The lowest BCUT2D eigenvalue weighted by molar-refractivity contribution is 0.0600. The highest BCUT2D eigenvalue weighted by Gasteiger charge is 2.18. The molecule has 164 valence electrons. The third-order valence-electron chi connectivity index (χ3n) is 5.26. The highest BCUT2D eigenvalue weighted by Crippen LogP contribution is 2.28. The van der Waals surface area contributed by atoms with Crippen molar-refractivity contribution in [2.45, 2.75) is 0 Å². The number of nitrogens with one attached hydrogen (secondary N) is 2. The van der Waals surface area contributed by atoms with E-state index in [1.54, 1.807) is 18.2 Å². The first-order valence-corrected chi connectivity index (χ1v) is 10.6. The summed E-state index contributed by atoms with van der Waals surface area (Å²) in [6.45, 7) is 2.65. The van der Waals surface area contributed by atoms with E-state index >= 15 is 0 Å². The summed E-state index contributed by atoms with van der Waals surface area (Å²) in [6.07, 6.45) is 0. The van der Waals surface area contributed by atoms with Crippen LogP contribution in [0.3, 0.4) is 0 Å². The van der Waals surface area contributed by atoms with Gasteiger partial charge in [-0.3, -0.25) is 10.1 Å². The molecule has 1 heterocycles.